The summed E-state index contributed by atoms with van der Waals surface area (Å²) < 4.78 is 0. The van der Waals surface area contributed by atoms with Crippen LogP contribution in [0.15, 0.2) is 41.8 Å². The Bertz CT molecular complexity index is 1020. The number of nitrogens with zero attached hydrogens (tertiary/aromatic N) is 4. The van der Waals surface area contributed by atoms with Crippen molar-refractivity contribution in [1.29, 1.82) is 0 Å². The third-order valence-corrected chi connectivity index (χ3v) is 6.44. The normalized spacial score (nSPS) is 14.2. The highest BCUT2D eigenvalue weighted by atomic mass is 32.1. The fraction of sp³-hybridized carbons (Fsp3) is 0.375. The van der Waals surface area contributed by atoms with Gasteiger partial charge in [0, 0.05) is 43.9 Å². The van der Waals surface area contributed by atoms with Gasteiger partial charge in [-0.05, 0) is 37.3 Å². The molecule has 0 radical (unpaired) electrons. The van der Waals surface area contributed by atoms with Crippen LogP contribution in [-0.4, -0.2) is 47.0 Å². The van der Waals surface area contributed by atoms with E-state index in [0.29, 0.717) is 13.1 Å². The number of hydrogen-bond acceptors (Lipinski definition) is 5. The first-order chi connectivity index (χ1) is 14.5. The van der Waals surface area contributed by atoms with Crippen molar-refractivity contribution in [2.75, 3.05) is 31.1 Å². The molecule has 4 rings (SSSR count). The number of carbonyl (C=O) groups is 1. The lowest BCUT2D eigenvalue weighted by Gasteiger charge is -2.36. The first-order valence-electron chi connectivity index (χ1n) is 10.5. The lowest BCUT2D eigenvalue weighted by molar-refractivity contribution is 0.0751. The molecule has 156 valence electrons. The van der Waals surface area contributed by atoms with Crippen LogP contribution in [-0.2, 0) is 12.8 Å². The Balaban J connectivity index is 1.58. The van der Waals surface area contributed by atoms with E-state index in [0.717, 1.165) is 48.1 Å². The van der Waals surface area contributed by atoms with Crippen LogP contribution in [0.2, 0.25) is 0 Å². The molecule has 3 aromatic rings. The Morgan fingerprint density at radius 1 is 1.07 bits per heavy atom. The van der Waals surface area contributed by atoms with Gasteiger partial charge >= 0.3 is 0 Å². The molecular formula is C24H28N4OS. The number of hydrogen-bond donors (Lipinski definition) is 0. The van der Waals surface area contributed by atoms with Crippen molar-refractivity contribution in [1.82, 2.24) is 14.9 Å². The molecule has 6 heteroatoms. The first kappa shape index (κ1) is 20.5. The summed E-state index contributed by atoms with van der Waals surface area (Å²) in [7, 11) is 0. The van der Waals surface area contributed by atoms with Gasteiger partial charge in [0.05, 0.1) is 4.88 Å². The molecule has 0 bridgehead atoms. The second-order valence-electron chi connectivity index (χ2n) is 7.80. The lowest BCUT2D eigenvalue weighted by Crippen LogP contribution is -2.49. The van der Waals surface area contributed by atoms with Crippen molar-refractivity contribution < 1.29 is 4.79 Å². The zero-order valence-electron chi connectivity index (χ0n) is 17.9. The largest absolute Gasteiger partial charge is 0.353 e. The molecule has 0 unspecified atom stereocenters. The van der Waals surface area contributed by atoms with E-state index in [1.807, 2.05) is 29.3 Å². The molecule has 3 heterocycles. The fourth-order valence-electron chi connectivity index (χ4n) is 4.08. The van der Waals surface area contributed by atoms with Crippen LogP contribution in [0, 0.1) is 13.8 Å². The van der Waals surface area contributed by atoms with E-state index < -0.39 is 0 Å². The molecule has 0 saturated carbocycles. The van der Waals surface area contributed by atoms with E-state index in [2.05, 4.69) is 43.0 Å². The van der Waals surface area contributed by atoms with Crippen LogP contribution in [0.4, 0.5) is 5.82 Å². The van der Waals surface area contributed by atoms with Crippen molar-refractivity contribution in [3.8, 4) is 0 Å². The van der Waals surface area contributed by atoms with Crippen LogP contribution >= 0.6 is 11.3 Å². The zero-order valence-corrected chi connectivity index (χ0v) is 18.7. The van der Waals surface area contributed by atoms with E-state index >= 15 is 0 Å². The molecule has 1 amide bonds. The molecule has 0 atom stereocenters. The molecule has 0 spiro atoms. The smallest absolute Gasteiger partial charge is 0.264 e. The molecule has 1 aliphatic rings. The van der Waals surface area contributed by atoms with Crippen molar-refractivity contribution in [3.63, 3.8) is 0 Å². The van der Waals surface area contributed by atoms with Crippen LogP contribution < -0.4 is 4.90 Å². The summed E-state index contributed by atoms with van der Waals surface area (Å²) in [6, 6.07) is 12.5. The standard InChI is InChI=1S/C24H28N4OS/c1-4-21-20(16-19-8-5-7-17(2)15-19)23(26-18(3)25-21)27-10-12-28(13-11-27)24(29)22-9-6-14-30-22/h5-9,14-15H,4,10-13,16H2,1-3H3. The van der Waals surface area contributed by atoms with Crippen LogP contribution in [0.1, 0.15) is 44.8 Å². The van der Waals surface area contributed by atoms with Gasteiger partial charge in [0.1, 0.15) is 11.6 Å². The molecule has 2 aromatic heterocycles. The molecule has 1 aliphatic heterocycles. The molecule has 30 heavy (non-hydrogen) atoms. The van der Waals surface area contributed by atoms with Crippen molar-refractivity contribution in [3.05, 3.63) is 74.9 Å². The van der Waals surface area contributed by atoms with Gasteiger partial charge in [-0.25, -0.2) is 9.97 Å². The fourth-order valence-corrected chi connectivity index (χ4v) is 4.77. The van der Waals surface area contributed by atoms with Crippen molar-refractivity contribution >= 4 is 23.1 Å². The molecular weight excluding hydrogens is 392 g/mol. The summed E-state index contributed by atoms with van der Waals surface area (Å²) in [6.07, 6.45) is 1.71. The highest BCUT2D eigenvalue weighted by Crippen LogP contribution is 2.26. The quantitative estimate of drug-likeness (QED) is 0.618. The number of carbonyl (C=O) groups excluding carboxylic acids is 1. The number of benzene rings is 1. The Kier molecular flexibility index (Phi) is 6.13. The Morgan fingerprint density at radius 2 is 1.87 bits per heavy atom. The molecule has 0 aliphatic carbocycles. The van der Waals surface area contributed by atoms with E-state index in [1.54, 1.807) is 0 Å². The number of anilines is 1. The Morgan fingerprint density at radius 3 is 2.53 bits per heavy atom. The Labute approximate surface area is 182 Å². The summed E-state index contributed by atoms with van der Waals surface area (Å²) in [4.78, 5) is 27.4. The SMILES string of the molecule is CCc1nc(C)nc(N2CCN(C(=O)c3cccs3)CC2)c1Cc1cccc(C)c1. The van der Waals surface area contributed by atoms with Gasteiger partial charge in [-0.1, -0.05) is 42.8 Å². The summed E-state index contributed by atoms with van der Waals surface area (Å²) in [5.41, 5.74) is 4.88. The van der Waals surface area contributed by atoms with Gasteiger partial charge in [-0.2, -0.15) is 0 Å². The Hall–Kier alpha value is -2.73. The highest BCUT2D eigenvalue weighted by Gasteiger charge is 2.26. The van der Waals surface area contributed by atoms with Crippen LogP contribution in [0.3, 0.4) is 0 Å². The van der Waals surface area contributed by atoms with Crippen molar-refractivity contribution in [2.24, 2.45) is 0 Å². The molecule has 1 saturated heterocycles. The van der Waals surface area contributed by atoms with Crippen LogP contribution in [0.5, 0.6) is 0 Å². The molecule has 1 aromatic carbocycles. The number of rotatable bonds is 5. The monoisotopic (exact) mass is 420 g/mol. The third-order valence-electron chi connectivity index (χ3n) is 5.58. The second-order valence-corrected chi connectivity index (χ2v) is 8.74. The minimum atomic E-state index is 0.137. The predicted molar refractivity (Wildman–Crippen MR) is 123 cm³/mol. The minimum Gasteiger partial charge on any atom is -0.353 e. The molecule has 0 N–H and O–H groups in total. The topological polar surface area (TPSA) is 49.3 Å². The van der Waals surface area contributed by atoms with Gasteiger partial charge in [0.15, 0.2) is 0 Å². The minimum absolute atomic E-state index is 0.137. The number of thiophene rings is 1. The number of piperazine rings is 1. The summed E-state index contributed by atoms with van der Waals surface area (Å²) in [6.45, 7) is 9.25. The predicted octanol–water partition coefficient (Wildman–Crippen LogP) is 4.27. The van der Waals surface area contributed by atoms with E-state index in [-0.39, 0.29) is 5.91 Å². The number of aryl methyl sites for hydroxylation is 3. The average molecular weight is 421 g/mol. The van der Waals surface area contributed by atoms with E-state index in [1.165, 1.54) is 28.0 Å². The van der Waals surface area contributed by atoms with E-state index in [9.17, 15) is 4.79 Å². The molecule has 5 nitrogen and oxygen atoms in total. The maximum Gasteiger partial charge on any atom is 0.264 e. The van der Waals surface area contributed by atoms with Crippen molar-refractivity contribution in [2.45, 2.75) is 33.6 Å². The lowest BCUT2D eigenvalue weighted by atomic mass is 10.0. The number of amides is 1. The highest BCUT2D eigenvalue weighted by molar-refractivity contribution is 7.12. The van der Waals surface area contributed by atoms with Gasteiger partial charge in [-0.15, -0.1) is 11.3 Å². The maximum atomic E-state index is 12.7. The zero-order chi connectivity index (χ0) is 21.1. The summed E-state index contributed by atoms with van der Waals surface area (Å²) in [5, 5.41) is 1.96. The first-order valence-corrected chi connectivity index (χ1v) is 11.4. The second kappa shape index (κ2) is 8.96. The third kappa shape index (κ3) is 4.38. The maximum absolute atomic E-state index is 12.7. The average Bonchev–Trinajstić information content (AvgIpc) is 3.29. The van der Waals surface area contributed by atoms with Gasteiger partial charge in [0.2, 0.25) is 0 Å². The van der Waals surface area contributed by atoms with Gasteiger partial charge in [0.25, 0.3) is 5.91 Å². The summed E-state index contributed by atoms with van der Waals surface area (Å²) >= 11 is 1.51. The molecule has 1 fully saturated rings. The van der Waals surface area contributed by atoms with Gasteiger partial charge in [-0.3, -0.25) is 4.79 Å². The summed E-state index contributed by atoms with van der Waals surface area (Å²) in [5.74, 6) is 1.98. The van der Waals surface area contributed by atoms with Crippen LogP contribution in [0.25, 0.3) is 0 Å². The van der Waals surface area contributed by atoms with E-state index in [4.69, 9.17) is 9.97 Å². The number of aromatic nitrogens is 2. The van der Waals surface area contributed by atoms with Gasteiger partial charge < -0.3 is 9.80 Å².